The van der Waals surface area contributed by atoms with E-state index in [1.165, 1.54) is 16.6 Å². The molecule has 0 aliphatic carbocycles. The van der Waals surface area contributed by atoms with Crippen LogP contribution in [0.2, 0.25) is 0 Å². The molecule has 0 amide bonds. The van der Waals surface area contributed by atoms with Crippen LogP contribution in [-0.2, 0) is 10.0 Å². The van der Waals surface area contributed by atoms with Crippen molar-refractivity contribution in [2.24, 2.45) is 0 Å². The number of para-hydroxylation sites is 2. The molecule has 0 unspecified atom stereocenters. The first-order chi connectivity index (χ1) is 10.1. The van der Waals surface area contributed by atoms with Gasteiger partial charge in [-0.1, -0.05) is 12.1 Å². The highest BCUT2D eigenvalue weighted by molar-refractivity contribution is 7.89. The fourth-order valence-electron chi connectivity index (χ4n) is 2.47. The van der Waals surface area contributed by atoms with E-state index in [0.717, 1.165) is 5.69 Å². The number of rotatable bonds is 3. The number of nitrogen functional groups attached to an aromatic ring is 1. The van der Waals surface area contributed by atoms with Gasteiger partial charge in [-0.15, -0.1) is 0 Å². The van der Waals surface area contributed by atoms with Gasteiger partial charge in [0.1, 0.15) is 0 Å². The number of hydrogen-bond acceptors (Lipinski definition) is 5. The first kappa shape index (κ1) is 13.9. The van der Waals surface area contributed by atoms with Gasteiger partial charge in [0, 0.05) is 26.2 Å². The Bertz CT molecular complexity index is 706. The van der Waals surface area contributed by atoms with Crippen molar-refractivity contribution in [3.63, 3.8) is 0 Å². The van der Waals surface area contributed by atoms with Crippen molar-refractivity contribution < 1.29 is 8.42 Å². The second-order valence-electron chi connectivity index (χ2n) is 4.87. The smallest absolute Gasteiger partial charge is 0.260 e. The molecule has 0 radical (unpaired) electrons. The number of piperazine rings is 1. The zero-order chi connectivity index (χ0) is 14.9. The van der Waals surface area contributed by atoms with Crippen LogP contribution in [0.5, 0.6) is 0 Å². The molecule has 2 aromatic rings. The second kappa shape index (κ2) is 5.38. The lowest BCUT2D eigenvalue weighted by Gasteiger charge is -2.35. The average molecular weight is 307 g/mol. The Balaban J connectivity index is 1.73. The minimum Gasteiger partial charge on any atom is -0.397 e. The molecule has 21 heavy (non-hydrogen) atoms. The van der Waals surface area contributed by atoms with Gasteiger partial charge in [-0.2, -0.15) is 9.40 Å². The van der Waals surface area contributed by atoms with E-state index in [1.54, 1.807) is 0 Å². The Labute approximate surface area is 123 Å². The Hall–Kier alpha value is -2.06. The number of sulfonamides is 1. The largest absolute Gasteiger partial charge is 0.397 e. The van der Waals surface area contributed by atoms with Crippen molar-refractivity contribution in [1.29, 1.82) is 0 Å². The number of hydrogen-bond donors (Lipinski definition) is 2. The molecule has 1 aromatic carbocycles. The summed E-state index contributed by atoms with van der Waals surface area (Å²) in [7, 11) is -3.48. The van der Waals surface area contributed by atoms with E-state index in [4.69, 9.17) is 5.73 Å². The van der Waals surface area contributed by atoms with Gasteiger partial charge >= 0.3 is 0 Å². The highest BCUT2D eigenvalue weighted by Gasteiger charge is 2.29. The third-order valence-electron chi connectivity index (χ3n) is 3.61. The van der Waals surface area contributed by atoms with Crippen LogP contribution < -0.4 is 10.6 Å². The third kappa shape index (κ3) is 2.59. The lowest BCUT2D eigenvalue weighted by atomic mass is 10.2. The number of aromatic nitrogens is 2. The number of benzene rings is 1. The minimum absolute atomic E-state index is 0.134. The van der Waals surface area contributed by atoms with Gasteiger partial charge < -0.3 is 10.6 Å². The van der Waals surface area contributed by atoms with Crippen LogP contribution in [0.25, 0.3) is 0 Å². The molecule has 0 atom stereocenters. The third-order valence-corrected chi connectivity index (χ3v) is 5.44. The number of nitrogens with one attached hydrogen (secondary N) is 1. The standard InChI is InChI=1S/C13H17N5O2S/c14-11-3-1-2-4-12(11)17-7-9-18(10-8-17)21(19,20)13-5-6-15-16-13/h1-6H,7-10,14H2,(H,15,16). The van der Waals surface area contributed by atoms with E-state index < -0.39 is 10.0 Å². The van der Waals surface area contributed by atoms with Crippen molar-refractivity contribution in [3.05, 3.63) is 36.5 Å². The number of anilines is 2. The zero-order valence-corrected chi connectivity index (χ0v) is 12.3. The number of nitrogens with zero attached hydrogens (tertiary/aromatic N) is 3. The monoisotopic (exact) mass is 307 g/mol. The Kier molecular flexibility index (Phi) is 3.56. The maximum absolute atomic E-state index is 12.4. The van der Waals surface area contributed by atoms with Crippen molar-refractivity contribution in [2.75, 3.05) is 36.8 Å². The quantitative estimate of drug-likeness (QED) is 0.805. The van der Waals surface area contributed by atoms with Crippen molar-refractivity contribution in [2.45, 2.75) is 5.03 Å². The molecule has 0 saturated carbocycles. The molecule has 3 N–H and O–H groups in total. The predicted molar refractivity (Wildman–Crippen MR) is 80.4 cm³/mol. The van der Waals surface area contributed by atoms with Crippen molar-refractivity contribution >= 4 is 21.4 Å². The predicted octanol–water partition coefficient (Wildman–Crippen LogP) is 0.503. The topological polar surface area (TPSA) is 95.3 Å². The van der Waals surface area contributed by atoms with Crippen LogP contribution in [-0.4, -0.2) is 49.1 Å². The Morgan fingerprint density at radius 2 is 1.81 bits per heavy atom. The van der Waals surface area contributed by atoms with E-state index in [9.17, 15) is 8.42 Å². The Morgan fingerprint density at radius 1 is 1.10 bits per heavy atom. The van der Waals surface area contributed by atoms with Crippen LogP contribution in [0.15, 0.2) is 41.6 Å². The van der Waals surface area contributed by atoms with E-state index in [-0.39, 0.29) is 5.03 Å². The summed E-state index contributed by atoms with van der Waals surface area (Å²) in [6.45, 7) is 2.08. The van der Waals surface area contributed by atoms with Gasteiger partial charge in [0.05, 0.1) is 17.6 Å². The molecule has 3 rings (SSSR count). The van der Waals surface area contributed by atoms with E-state index in [2.05, 4.69) is 15.1 Å². The summed E-state index contributed by atoms with van der Waals surface area (Å²) in [6.07, 6.45) is 1.44. The summed E-state index contributed by atoms with van der Waals surface area (Å²) in [6, 6.07) is 9.09. The van der Waals surface area contributed by atoms with E-state index in [0.29, 0.717) is 31.9 Å². The first-order valence-corrected chi connectivity index (χ1v) is 8.12. The molecule has 1 fully saturated rings. The van der Waals surface area contributed by atoms with Gasteiger partial charge in [0.25, 0.3) is 10.0 Å². The minimum atomic E-state index is -3.48. The maximum Gasteiger partial charge on any atom is 0.260 e. The molecule has 1 aromatic heterocycles. The fraction of sp³-hybridized carbons (Fsp3) is 0.308. The van der Waals surface area contributed by atoms with Crippen molar-refractivity contribution in [1.82, 2.24) is 14.5 Å². The zero-order valence-electron chi connectivity index (χ0n) is 11.4. The number of H-pyrrole nitrogens is 1. The Morgan fingerprint density at radius 3 is 2.43 bits per heavy atom. The molecular formula is C13H17N5O2S. The van der Waals surface area contributed by atoms with Crippen LogP contribution in [0.4, 0.5) is 11.4 Å². The summed E-state index contributed by atoms with van der Waals surface area (Å²) in [5.41, 5.74) is 7.63. The molecule has 1 aliphatic heterocycles. The normalized spacial score (nSPS) is 17.0. The van der Waals surface area contributed by atoms with E-state index >= 15 is 0 Å². The molecule has 112 valence electrons. The van der Waals surface area contributed by atoms with Crippen LogP contribution in [0, 0.1) is 0 Å². The SMILES string of the molecule is Nc1ccccc1N1CCN(S(=O)(=O)c2ccn[nH]2)CC1. The molecule has 0 spiro atoms. The van der Waals surface area contributed by atoms with E-state index in [1.807, 2.05) is 24.3 Å². The fourth-order valence-corrected chi connectivity index (χ4v) is 3.79. The van der Waals surface area contributed by atoms with Gasteiger partial charge in [0.2, 0.25) is 0 Å². The molecule has 1 saturated heterocycles. The van der Waals surface area contributed by atoms with Crippen LogP contribution in [0.1, 0.15) is 0 Å². The van der Waals surface area contributed by atoms with Crippen LogP contribution in [0.3, 0.4) is 0 Å². The molecular weight excluding hydrogens is 290 g/mol. The molecule has 1 aliphatic rings. The van der Waals surface area contributed by atoms with Crippen molar-refractivity contribution in [3.8, 4) is 0 Å². The number of nitrogens with two attached hydrogens (primary N) is 1. The van der Waals surface area contributed by atoms with Gasteiger partial charge in [0.15, 0.2) is 5.03 Å². The summed E-state index contributed by atoms with van der Waals surface area (Å²) in [5.74, 6) is 0. The average Bonchev–Trinajstić information content (AvgIpc) is 3.03. The lowest BCUT2D eigenvalue weighted by molar-refractivity contribution is 0.383. The lowest BCUT2D eigenvalue weighted by Crippen LogP contribution is -2.48. The number of aromatic amines is 1. The molecule has 7 nitrogen and oxygen atoms in total. The first-order valence-electron chi connectivity index (χ1n) is 6.68. The van der Waals surface area contributed by atoms with Gasteiger partial charge in [-0.05, 0) is 18.2 Å². The van der Waals surface area contributed by atoms with Gasteiger partial charge in [-0.3, -0.25) is 5.10 Å². The summed E-state index contributed by atoms with van der Waals surface area (Å²) >= 11 is 0. The molecule has 2 heterocycles. The summed E-state index contributed by atoms with van der Waals surface area (Å²) < 4.78 is 26.2. The maximum atomic E-state index is 12.4. The molecule has 8 heteroatoms. The summed E-state index contributed by atoms with van der Waals surface area (Å²) in [4.78, 5) is 2.11. The second-order valence-corrected chi connectivity index (χ2v) is 6.78. The summed E-state index contributed by atoms with van der Waals surface area (Å²) in [5, 5.41) is 6.35. The van der Waals surface area contributed by atoms with Gasteiger partial charge in [-0.25, -0.2) is 8.42 Å². The highest BCUT2D eigenvalue weighted by atomic mass is 32.2. The highest BCUT2D eigenvalue weighted by Crippen LogP contribution is 2.24. The van der Waals surface area contributed by atoms with Crippen LogP contribution >= 0.6 is 0 Å². The molecule has 0 bridgehead atoms.